The molecule has 0 aliphatic heterocycles. The van der Waals surface area contributed by atoms with Crippen molar-refractivity contribution in [3.05, 3.63) is 42.7 Å². The third-order valence-electron chi connectivity index (χ3n) is 3.86. The van der Waals surface area contributed by atoms with Gasteiger partial charge in [-0.2, -0.15) is 0 Å². The van der Waals surface area contributed by atoms with Crippen LogP contribution in [0.5, 0.6) is 5.75 Å². The van der Waals surface area contributed by atoms with E-state index in [0.29, 0.717) is 5.56 Å². The van der Waals surface area contributed by atoms with E-state index in [1.54, 1.807) is 30.6 Å². The first-order valence-corrected chi connectivity index (χ1v) is 8.78. The van der Waals surface area contributed by atoms with E-state index in [1.807, 2.05) is 0 Å². The molecule has 0 atom stereocenters. The van der Waals surface area contributed by atoms with Crippen LogP contribution in [0.3, 0.4) is 0 Å². The molecule has 8 heteroatoms. The van der Waals surface area contributed by atoms with Gasteiger partial charge in [0.05, 0.1) is 7.11 Å². The number of nitrogens with one attached hydrogen (secondary N) is 1. The van der Waals surface area contributed by atoms with Crippen LogP contribution in [-0.4, -0.2) is 32.5 Å². The fourth-order valence-corrected chi connectivity index (χ4v) is 4.06. The lowest BCUT2D eigenvalue weighted by Crippen LogP contribution is -2.50. The van der Waals surface area contributed by atoms with Crippen molar-refractivity contribution in [2.75, 3.05) is 7.11 Å². The molecule has 1 aliphatic carbocycles. The van der Waals surface area contributed by atoms with Crippen molar-refractivity contribution < 1.29 is 21.9 Å². The maximum Gasteiger partial charge on any atom is 0.251 e. The largest absolute Gasteiger partial charge is 0.495 e. The number of halogens is 2. The number of aromatic nitrogens is 1. The fourth-order valence-electron chi connectivity index (χ4n) is 2.63. The van der Waals surface area contributed by atoms with E-state index in [9.17, 15) is 17.2 Å². The molecular formula is C16H16F2N2O3S. The first-order valence-electron chi connectivity index (χ1n) is 7.29. The van der Waals surface area contributed by atoms with E-state index < -0.39 is 34.8 Å². The summed E-state index contributed by atoms with van der Waals surface area (Å²) in [5, 5.41) is 0. The van der Waals surface area contributed by atoms with Crippen molar-refractivity contribution >= 4 is 10.0 Å². The van der Waals surface area contributed by atoms with Crippen LogP contribution in [0.1, 0.15) is 12.8 Å². The molecule has 3 rings (SSSR count). The Kier molecular flexibility index (Phi) is 4.27. The van der Waals surface area contributed by atoms with E-state index in [-0.39, 0.29) is 10.6 Å². The highest BCUT2D eigenvalue weighted by molar-refractivity contribution is 7.89. The van der Waals surface area contributed by atoms with Crippen molar-refractivity contribution in [1.82, 2.24) is 9.71 Å². The zero-order chi connectivity index (χ0) is 17.4. The average molecular weight is 354 g/mol. The number of sulfonamides is 1. The molecule has 1 aromatic heterocycles. The van der Waals surface area contributed by atoms with Gasteiger partial charge in [-0.3, -0.25) is 4.98 Å². The highest BCUT2D eigenvalue weighted by Crippen LogP contribution is 2.38. The molecule has 0 spiro atoms. The number of alkyl halides is 2. The highest BCUT2D eigenvalue weighted by atomic mass is 32.2. The lowest BCUT2D eigenvalue weighted by Gasteiger charge is -2.35. The second-order valence-electron chi connectivity index (χ2n) is 5.69. The molecule has 1 N–H and O–H groups in total. The molecule has 0 bridgehead atoms. The summed E-state index contributed by atoms with van der Waals surface area (Å²) < 4.78 is 58.4. The Morgan fingerprint density at radius 2 is 2.00 bits per heavy atom. The minimum absolute atomic E-state index is 0.0819. The number of hydrogen-bond donors (Lipinski definition) is 1. The van der Waals surface area contributed by atoms with Gasteiger partial charge in [-0.15, -0.1) is 0 Å². The molecule has 1 saturated carbocycles. The number of benzene rings is 1. The lowest BCUT2D eigenvalue weighted by atomic mass is 9.89. The van der Waals surface area contributed by atoms with Gasteiger partial charge in [-0.25, -0.2) is 21.9 Å². The van der Waals surface area contributed by atoms with E-state index in [2.05, 4.69) is 9.71 Å². The van der Waals surface area contributed by atoms with Crippen molar-refractivity contribution in [2.24, 2.45) is 0 Å². The van der Waals surface area contributed by atoms with Crippen LogP contribution in [0.4, 0.5) is 8.78 Å². The summed E-state index contributed by atoms with van der Waals surface area (Å²) >= 11 is 0. The third-order valence-corrected chi connectivity index (χ3v) is 5.40. The summed E-state index contributed by atoms with van der Waals surface area (Å²) in [6.07, 6.45) is 2.24. The van der Waals surface area contributed by atoms with Crippen LogP contribution in [-0.2, 0) is 10.0 Å². The van der Waals surface area contributed by atoms with Crippen molar-refractivity contribution in [1.29, 1.82) is 0 Å². The van der Waals surface area contributed by atoms with Crippen LogP contribution >= 0.6 is 0 Å². The molecule has 1 aromatic carbocycles. The predicted octanol–water partition coefficient (Wildman–Crippen LogP) is 2.83. The number of ether oxygens (including phenoxy) is 1. The molecule has 0 saturated heterocycles. The maximum atomic E-state index is 12.9. The highest BCUT2D eigenvalue weighted by Gasteiger charge is 2.47. The van der Waals surface area contributed by atoms with E-state index in [1.165, 1.54) is 19.2 Å². The molecule has 0 amide bonds. The van der Waals surface area contributed by atoms with E-state index >= 15 is 0 Å². The number of rotatable bonds is 5. The van der Waals surface area contributed by atoms with Gasteiger partial charge < -0.3 is 4.74 Å². The molecule has 2 aromatic rings. The summed E-state index contributed by atoms with van der Waals surface area (Å²) in [5.74, 6) is -2.64. The van der Waals surface area contributed by atoms with Crippen LogP contribution in [0.25, 0.3) is 11.1 Å². The van der Waals surface area contributed by atoms with Gasteiger partial charge in [0.1, 0.15) is 10.6 Å². The van der Waals surface area contributed by atoms with Gasteiger partial charge in [0.2, 0.25) is 10.0 Å². The van der Waals surface area contributed by atoms with Crippen LogP contribution in [0, 0.1) is 0 Å². The lowest BCUT2D eigenvalue weighted by molar-refractivity contribution is -0.0876. The maximum absolute atomic E-state index is 12.9. The second kappa shape index (κ2) is 6.10. The summed E-state index contributed by atoms with van der Waals surface area (Å²) in [7, 11) is -2.62. The predicted molar refractivity (Wildman–Crippen MR) is 84.5 cm³/mol. The molecule has 1 aliphatic rings. The smallest absolute Gasteiger partial charge is 0.251 e. The Labute approximate surface area is 138 Å². The van der Waals surface area contributed by atoms with Gasteiger partial charge in [0.15, 0.2) is 0 Å². The Bertz CT molecular complexity index is 834. The SMILES string of the molecule is COc1ccc(-c2cccnc2)cc1S(=O)(=O)NC1CC(F)(F)C1. The van der Waals surface area contributed by atoms with Gasteiger partial charge in [-0.1, -0.05) is 12.1 Å². The van der Waals surface area contributed by atoms with Gasteiger partial charge in [0.25, 0.3) is 5.92 Å². The Morgan fingerprint density at radius 3 is 2.58 bits per heavy atom. The summed E-state index contributed by atoms with van der Waals surface area (Å²) in [5.41, 5.74) is 1.38. The standard InChI is InChI=1S/C16H16F2N2O3S/c1-23-14-5-4-11(12-3-2-6-19-10-12)7-15(14)24(21,22)20-13-8-16(17,18)9-13/h2-7,10,13,20H,8-9H2,1H3. The summed E-state index contributed by atoms with van der Waals surface area (Å²) in [4.78, 5) is 3.92. The second-order valence-corrected chi connectivity index (χ2v) is 7.37. The zero-order valence-electron chi connectivity index (χ0n) is 12.9. The first-order chi connectivity index (χ1) is 11.3. The van der Waals surface area contributed by atoms with Gasteiger partial charge in [-0.05, 0) is 23.8 Å². The number of hydrogen-bond acceptors (Lipinski definition) is 4. The molecule has 5 nitrogen and oxygen atoms in total. The number of nitrogens with zero attached hydrogens (tertiary/aromatic N) is 1. The number of pyridine rings is 1. The minimum Gasteiger partial charge on any atom is -0.495 e. The minimum atomic E-state index is -3.97. The van der Waals surface area contributed by atoms with Crippen LogP contribution in [0.15, 0.2) is 47.6 Å². The van der Waals surface area contributed by atoms with Crippen molar-refractivity contribution in [3.63, 3.8) is 0 Å². The van der Waals surface area contributed by atoms with Crippen LogP contribution < -0.4 is 9.46 Å². The monoisotopic (exact) mass is 354 g/mol. The molecular weight excluding hydrogens is 338 g/mol. The van der Waals surface area contributed by atoms with Gasteiger partial charge >= 0.3 is 0 Å². The zero-order valence-corrected chi connectivity index (χ0v) is 13.7. The van der Waals surface area contributed by atoms with Crippen molar-refractivity contribution in [3.8, 4) is 16.9 Å². The van der Waals surface area contributed by atoms with Crippen LogP contribution in [0.2, 0.25) is 0 Å². The Hall–Kier alpha value is -2.06. The molecule has 0 radical (unpaired) electrons. The Morgan fingerprint density at radius 1 is 1.25 bits per heavy atom. The molecule has 128 valence electrons. The molecule has 1 heterocycles. The molecule has 1 fully saturated rings. The fraction of sp³-hybridized carbons (Fsp3) is 0.312. The summed E-state index contributed by atoms with van der Waals surface area (Å²) in [6.45, 7) is 0. The normalized spacial score (nSPS) is 17.3. The van der Waals surface area contributed by atoms with E-state index in [4.69, 9.17) is 4.74 Å². The van der Waals surface area contributed by atoms with Crippen molar-refractivity contribution in [2.45, 2.75) is 29.7 Å². The quantitative estimate of drug-likeness (QED) is 0.896. The summed E-state index contributed by atoms with van der Waals surface area (Å²) in [6, 6.07) is 7.47. The Balaban J connectivity index is 1.93. The molecule has 0 unspecified atom stereocenters. The number of methoxy groups -OCH3 is 1. The average Bonchev–Trinajstić information content (AvgIpc) is 2.53. The van der Waals surface area contributed by atoms with Gasteiger partial charge in [0, 0.05) is 36.8 Å². The topological polar surface area (TPSA) is 68.3 Å². The van der Waals surface area contributed by atoms with E-state index in [0.717, 1.165) is 5.56 Å². The first kappa shape index (κ1) is 16.8. The third kappa shape index (κ3) is 3.39. The molecule has 24 heavy (non-hydrogen) atoms.